The van der Waals surface area contributed by atoms with Crippen LogP contribution < -0.4 is 20.7 Å². The quantitative estimate of drug-likeness (QED) is 0.215. The van der Waals surface area contributed by atoms with Gasteiger partial charge in [0.1, 0.15) is 5.75 Å². The van der Waals surface area contributed by atoms with E-state index in [2.05, 4.69) is 53.8 Å². The van der Waals surface area contributed by atoms with Gasteiger partial charge in [-0.15, -0.1) is 24.0 Å². The first-order valence-corrected chi connectivity index (χ1v) is 9.31. The Labute approximate surface area is 181 Å². The molecule has 0 heterocycles. The molecule has 154 valence electrons. The van der Waals surface area contributed by atoms with E-state index in [0.29, 0.717) is 25.0 Å². The third-order valence-corrected chi connectivity index (χ3v) is 3.78. The van der Waals surface area contributed by atoms with Crippen molar-refractivity contribution >= 4 is 35.8 Å². The second-order valence-corrected chi connectivity index (χ2v) is 7.08. The van der Waals surface area contributed by atoms with E-state index >= 15 is 0 Å². The van der Waals surface area contributed by atoms with Crippen LogP contribution in [0, 0.1) is 11.8 Å². The molecule has 0 aromatic heterocycles. The Morgan fingerprint density at radius 3 is 2.15 bits per heavy atom. The number of nitrogens with one attached hydrogen (secondary N) is 3. The Kier molecular flexibility index (Phi) is 12.9. The van der Waals surface area contributed by atoms with Crippen molar-refractivity contribution in [3.63, 3.8) is 0 Å². The van der Waals surface area contributed by atoms with E-state index in [-0.39, 0.29) is 41.8 Å². The van der Waals surface area contributed by atoms with Crippen molar-refractivity contribution in [1.82, 2.24) is 16.0 Å². The number of hydrogen-bond donors (Lipinski definition) is 3. The van der Waals surface area contributed by atoms with Gasteiger partial charge in [-0.05, 0) is 30.5 Å². The number of halogens is 1. The van der Waals surface area contributed by atoms with Gasteiger partial charge in [0, 0.05) is 26.1 Å². The number of carbonyl (C=O) groups excluding carboxylic acids is 1. The highest BCUT2D eigenvalue weighted by Crippen LogP contribution is 2.18. The van der Waals surface area contributed by atoms with Gasteiger partial charge in [0.25, 0.3) is 0 Å². The van der Waals surface area contributed by atoms with Gasteiger partial charge in [0.15, 0.2) is 5.96 Å². The topological polar surface area (TPSA) is 74.8 Å². The molecule has 1 amide bonds. The molecule has 1 rings (SSSR count). The Balaban J connectivity index is 0.00000676. The van der Waals surface area contributed by atoms with Crippen molar-refractivity contribution in [2.45, 2.75) is 40.7 Å². The Bertz CT molecular complexity index is 574. The van der Waals surface area contributed by atoms with Crippen molar-refractivity contribution < 1.29 is 9.53 Å². The highest BCUT2D eigenvalue weighted by molar-refractivity contribution is 14.0. The lowest BCUT2D eigenvalue weighted by Gasteiger charge is -2.19. The number of guanidine groups is 1. The Morgan fingerprint density at radius 2 is 1.63 bits per heavy atom. The maximum absolute atomic E-state index is 11.5. The number of benzene rings is 1. The molecule has 1 aromatic rings. The second-order valence-electron chi connectivity index (χ2n) is 7.08. The second kappa shape index (κ2) is 13.6. The van der Waals surface area contributed by atoms with Crippen molar-refractivity contribution in [2.24, 2.45) is 16.8 Å². The minimum atomic E-state index is -0.0000470. The van der Waals surface area contributed by atoms with Gasteiger partial charge in [-0.2, -0.15) is 0 Å². The van der Waals surface area contributed by atoms with E-state index in [1.807, 2.05) is 26.0 Å². The van der Waals surface area contributed by atoms with Gasteiger partial charge >= 0.3 is 0 Å². The van der Waals surface area contributed by atoms with E-state index in [9.17, 15) is 4.79 Å². The lowest BCUT2D eigenvalue weighted by molar-refractivity contribution is -0.123. The van der Waals surface area contributed by atoms with Crippen molar-refractivity contribution in [3.8, 4) is 5.75 Å². The molecule has 1 atom stereocenters. The summed E-state index contributed by atoms with van der Waals surface area (Å²) in [5.41, 5.74) is 1.15. The van der Waals surface area contributed by atoms with Crippen LogP contribution in [0.3, 0.4) is 0 Å². The molecule has 0 aliphatic carbocycles. The number of rotatable bonds is 9. The van der Waals surface area contributed by atoms with Crippen LogP contribution in [0.15, 0.2) is 29.3 Å². The van der Waals surface area contributed by atoms with Crippen LogP contribution in [0.1, 0.15) is 46.2 Å². The highest BCUT2D eigenvalue weighted by Gasteiger charge is 2.09. The molecule has 3 N–H and O–H groups in total. The van der Waals surface area contributed by atoms with Gasteiger partial charge in [-0.3, -0.25) is 9.79 Å². The van der Waals surface area contributed by atoms with E-state index in [4.69, 9.17) is 4.74 Å². The minimum Gasteiger partial charge on any atom is -0.493 e. The van der Waals surface area contributed by atoms with Crippen LogP contribution >= 0.6 is 24.0 Å². The standard InChI is InChI=1S/C20H34N4O2.HI/c1-14(2)13-26-18-9-7-17(8-10-18)16(5)24-20(21-6)23-12-11-22-19(25)15(3)4;/h7-10,14-16H,11-13H2,1-6H3,(H,22,25)(H2,21,23,24);1H. The molecule has 0 bridgehead atoms. The van der Waals surface area contributed by atoms with Crippen LogP contribution in [-0.2, 0) is 4.79 Å². The van der Waals surface area contributed by atoms with Gasteiger partial charge in [-0.1, -0.05) is 39.8 Å². The van der Waals surface area contributed by atoms with Crippen LogP contribution in [0.5, 0.6) is 5.75 Å². The number of nitrogens with zero attached hydrogens (tertiary/aromatic N) is 1. The smallest absolute Gasteiger partial charge is 0.222 e. The number of carbonyl (C=O) groups is 1. The molecule has 0 saturated carbocycles. The van der Waals surface area contributed by atoms with Crippen molar-refractivity contribution in [2.75, 3.05) is 26.7 Å². The molecule has 27 heavy (non-hydrogen) atoms. The predicted molar refractivity (Wildman–Crippen MR) is 123 cm³/mol. The average Bonchev–Trinajstić information content (AvgIpc) is 2.62. The lowest BCUT2D eigenvalue weighted by Crippen LogP contribution is -2.42. The van der Waals surface area contributed by atoms with Crippen LogP contribution in [0.2, 0.25) is 0 Å². The first-order valence-electron chi connectivity index (χ1n) is 9.31. The Hall–Kier alpha value is -1.51. The SMILES string of the molecule is CN=C(NCCNC(=O)C(C)C)NC(C)c1ccc(OCC(C)C)cc1.I. The monoisotopic (exact) mass is 490 g/mol. The zero-order valence-corrected chi connectivity index (χ0v) is 19.7. The number of hydrogen-bond acceptors (Lipinski definition) is 3. The van der Waals surface area contributed by atoms with Gasteiger partial charge in [-0.25, -0.2) is 0 Å². The third-order valence-electron chi connectivity index (χ3n) is 3.78. The Morgan fingerprint density at radius 1 is 1.04 bits per heavy atom. The highest BCUT2D eigenvalue weighted by atomic mass is 127. The maximum atomic E-state index is 11.5. The number of amides is 1. The first-order chi connectivity index (χ1) is 12.3. The van der Waals surface area contributed by atoms with E-state index in [1.165, 1.54) is 0 Å². The van der Waals surface area contributed by atoms with Gasteiger partial charge in [0.2, 0.25) is 5.91 Å². The summed E-state index contributed by atoms with van der Waals surface area (Å²) >= 11 is 0. The summed E-state index contributed by atoms with van der Waals surface area (Å²) in [5, 5.41) is 9.43. The molecule has 1 unspecified atom stereocenters. The molecule has 0 spiro atoms. The summed E-state index contributed by atoms with van der Waals surface area (Å²) in [6, 6.07) is 8.21. The van der Waals surface area contributed by atoms with Gasteiger partial charge in [0.05, 0.1) is 12.6 Å². The summed E-state index contributed by atoms with van der Waals surface area (Å²) in [4.78, 5) is 15.8. The largest absolute Gasteiger partial charge is 0.493 e. The zero-order valence-electron chi connectivity index (χ0n) is 17.3. The zero-order chi connectivity index (χ0) is 19.5. The fourth-order valence-corrected chi connectivity index (χ4v) is 2.17. The normalized spacial score (nSPS) is 12.4. The summed E-state index contributed by atoms with van der Waals surface area (Å²) in [6.45, 7) is 12.0. The fraction of sp³-hybridized carbons (Fsp3) is 0.600. The van der Waals surface area contributed by atoms with Crippen molar-refractivity contribution in [3.05, 3.63) is 29.8 Å². The molecule has 0 saturated heterocycles. The third kappa shape index (κ3) is 10.4. The van der Waals surface area contributed by atoms with Crippen LogP contribution in [0.25, 0.3) is 0 Å². The first kappa shape index (κ1) is 25.5. The minimum absolute atomic E-state index is 0. The molecule has 0 aliphatic rings. The fourth-order valence-electron chi connectivity index (χ4n) is 2.17. The summed E-state index contributed by atoms with van der Waals surface area (Å²) < 4.78 is 5.71. The predicted octanol–water partition coefficient (Wildman–Crippen LogP) is 3.34. The molecule has 0 radical (unpaired) electrons. The molecule has 7 heteroatoms. The van der Waals surface area contributed by atoms with E-state index in [0.717, 1.165) is 17.9 Å². The molecule has 0 fully saturated rings. The van der Waals surface area contributed by atoms with Crippen molar-refractivity contribution in [1.29, 1.82) is 0 Å². The van der Waals surface area contributed by atoms with E-state index < -0.39 is 0 Å². The molecule has 6 nitrogen and oxygen atoms in total. The molecular formula is C20H35IN4O2. The van der Waals surface area contributed by atoms with E-state index in [1.54, 1.807) is 7.05 Å². The van der Waals surface area contributed by atoms with Gasteiger partial charge < -0.3 is 20.7 Å². The summed E-state index contributed by atoms with van der Waals surface area (Å²) in [7, 11) is 1.73. The summed E-state index contributed by atoms with van der Waals surface area (Å²) in [5.74, 6) is 2.16. The average molecular weight is 490 g/mol. The van der Waals surface area contributed by atoms with Crippen LogP contribution in [0.4, 0.5) is 0 Å². The van der Waals surface area contributed by atoms with Crippen LogP contribution in [-0.4, -0.2) is 38.6 Å². The maximum Gasteiger partial charge on any atom is 0.222 e. The number of aliphatic imine (C=N–C) groups is 1. The molecule has 0 aliphatic heterocycles. The molecular weight excluding hydrogens is 455 g/mol. The lowest BCUT2D eigenvalue weighted by atomic mass is 10.1. The molecule has 1 aromatic carbocycles. The summed E-state index contributed by atoms with van der Waals surface area (Å²) in [6.07, 6.45) is 0. The number of ether oxygens (including phenoxy) is 1.